The predicted molar refractivity (Wildman–Crippen MR) is 168 cm³/mol. The number of unbranched alkanes of at least 4 members (excludes halogenated alkanes) is 3. The first-order valence-electron chi connectivity index (χ1n) is 14.5. The number of urea groups is 1. The predicted octanol–water partition coefficient (Wildman–Crippen LogP) is 6.49. The lowest BCUT2D eigenvalue weighted by molar-refractivity contribution is 0.252. The van der Waals surface area contributed by atoms with Gasteiger partial charge in [-0.3, -0.25) is 9.71 Å². The van der Waals surface area contributed by atoms with E-state index in [9.17, 15) is 13.2 Å². The van der Waals surface area contributed by atoms with E-state index >= 15 is 0 Å². The highest BCUT2D eigenvalue weighted by Crippen LogP contribution is 2.30. The highest BCUT2D eigenvalue weighted by molar-refractivity contribution is 7.92. The molecule has 1 atom stereocenters. The van der Waals surface area contributed by atoms with Crippen LogP contribution in [0.1, 0.15) is 55.5 Å². The van der Waals surface area contributed by atoms with Gasteiger partial charge in [0.1, 0.15) is 0 Å². The molecule has 0 radical (unpaired) electrons. The number of amides is 2. The van der Waals surface area contributed by atoms with Gasteiger partial charge in [0.15, 0.2) is 0 Å². The number of nitrogens with one attached hydrogen (secondary N) is 4. The number of nitrogens with zero attached hydrogens (tertiary/aromatic N) is 1. The van der Waals surface area contributed by atoms with Crippen LogP contribution in [0.4, 0.5) is 16.2 Å². The topological polar surface area (TPSA) is 112 Å². The molecule has 1 aliphatic heterocycles. The van der Waals surface area contributed by atoms with Crippen molar-refractivity contribution in [2.24, 2.45) is 0 Å². The van der Waals surface area contributed by atoms with Crippen LogP contribution in [0.2, 0.25) is 0 Å². The molecule has 4 aromatic rings. The van der Waals surface area contributed by atoms with Crippen molar-refractivity contribution < 1.29 is 13.2 Å². The zero-order valence-corrected chi connectivity index (χ0v) is 24.6. The smallest absolute Gasteiger partial charge is 0.319 e. The summed E-state index contributed by atoms with van der Waals surface area (Å²) in [5.74, 6) is 0. The van der Waals surface area contributed by atoms with Gasteiger partial charge in [-0.15, -0.1) is 0 Å². The van der Waals surface area contributed by atoms with Gasteiger partial charge in [0, 0.05) is 42.8 Å². The van der Waals surface area contributed by atoms with Crippen LogP contribution in [0.25, 0.3) is 11.1 Å². The molecule has 1 unspecified atom stereocenters. The average molecular weight is 584 g/mol. The Morgan fingerprint density at radius 3 is 2.29 bits per heavy atom. The first kappa shape index (κ1) is 29.3. The second-order valence-corrected chi connectivity index (χ2v) is 12.1. The maximum atomic E-state index is 13.0. The van der Waals surface area contributed by atoms with Gasteiger partial charge in [0.25, 0.3) is 10.0 Å². The van der Waals surface area contributed by atoms with E-state index in [1.807, 2.05) is 24.4 Å². The molecule has 0 fully saturated rings. The minimum Gasteiger partial charge on any atom is -0.338 e. The van der Waals surface area contributed by atoms with Crippen LogP contribution >= 0.6 is 0 Å². The first-order chi connectivity index (χ1) is 20.4. The third kappa shape index (κ3) is 7.35. The fourth-order valence-electron chi connectivity index (χ4n) is 5.12. The van der Waals surface area contributed by atoms with E-state index < -0.39 is 10.0 Å². The average Bonchev–Trinajstić information content (AvgIpc) is 3.01. The Bertz CT molecular complexity index is 1590. The summed E-state index contributed by atoms with van der Waals surface area (Å²) in [7, 11) is -3.79. The van der Waals surface area contributed by atoms with E-state index in [1.54, 1.807) is 24.3 Å². The number of benzene rings is 3. The standard InChI is InChI=1S/C33H37N5O3S/c1-2-3-4-5-21-36-33(39)37-27-16-18-29(19-17-27)42(40,41)38-28-14-12-25(13-15-28)24-8-10-26(11-9-24)32-30-7-6-22-34-31(30)20-23-35-32/h6-19,22,32,35,38H,2-5,20-21,23H2,1H3,(H2,36,37,39). The van der Waals surface area contributed by atoms with Crippen LogP contribution in [0.3, 0.4) is 0 Å². The maximum absolute atomic E-state index is 13.0. The summed E-state index contributed by atoms with van der Waals surface area (Å²) in [6.07, 6.45) is 7.09. The fraction of sp³-hybridized carbons (Fsp3) is 0.273. The van der Waals surface area contributed by atoms with Crippen molar-refractivity contribution in [2.75, 3.05) is 23.1 Å². The van der Waals surface area contributed by atoms with E-state index in [2.05, 4.69) is 62.9 Å². The van der Waals surface area contributed by atoms with Gasteiger partial charge in [-0.05, 0) is 71.1 Å². The van der Waals surface area contributed by atoms with Crippen molar-refractivity contribution in [2.45, 2.75) is 50.0 Å². The molecule has 3 aromatic carbocycles. The Kier molecular flexibility index (Phi) is 9.51. The van der Waals surface area contributed by atoms with E-state index in [0.717, 1.165) is 55.5 Å². The molecule has 5 rings (SSSR count). The molecular formula is C33H37N5O3S. The maximum Gasteiger partial charge on any atom is 0.319 e. The van der Waals surface area contributed by atoms with Crippen LogP contribution in [-0.2, 0) is 16.4 Å². The van der Waals surface area contributed by atoms with Crippen molar-refractivity contribution in [3.05, 3.63) is 108 Å². The van der Waals surface area contributed by atoms with Crippen molar-refractivity contribution in [1.29, 1.82) is 0 Å². The molecule has 1 aliphatic rings. The Labute approximate surface area is 248 Å². The van der Waals surface area contributed by atoms with E-state index in [0.29, 0.717) is 17.9 Å². The summed E-state index contributed by atoms with van der Waals surface area (Å²) in [4.78, 5) is 16.7. The molecule has 0 aliphatic carbocycles. The molecule has 0 bridgehead atoms. The summed E-state index contributed by atoms with van der Waals surface area (Å²) < 4.78 is 28.6. The minimum atomic E-state index is -3.79. The summed E-state index contributed by atoms with van der Waals surface area (Å²) in [5, 5.41) is 9.15. The molecule has 9 heteroatoms. The molecule has 8 nitrogen and oxygen atoms in total. The van der Waals surface area contributed by atoms with Gasteiger partial charge < -0.3 is 16.0 Å². The van der Waals surface area contributed by atoms with Crippen LogP contribution in [0, 0.1) is 0 Å². The molecular weight excluding hydrogens is 546 g/mol. The highest BCUT2D eigenvalue weighted by Gasteiger charge is 2.21. The summed E-state index contributed by atoms with van der Waals surface area (Å²) in [6.45, 7) is 3.64. The second kappa shape index (κ2) is 13.6. The number of pyridine rings is 1. The molecule has 218 valence electrons. The van der Waals surface area contributed by atoms with E-state index in [1.165, 1.54) is 23.3 Å². The molecule has 0 spiro atoms. The van der Waals surface area contributed by atoms with Crippen molar-refractivity contribution in [3.8, 4) is 11.1 Å². The van der Waals surface area contributed by atoms with E-state index in [-0.39, 0.29) is 17.0 Å². The quantitative estimate of drug-likeness (QED) is 0.151. The lowest BCUT2D eigenvalue weighted by Crippen LogP contribution is -2.31. The monoisotopic (exact) mass is 583 g/mol. The number of hydrogen-bond donors (Lipinski definition) is 4. The Hall–Kier alpha value is -4.21. The number of rotatable bonds is 11. The molecule has 0 saturated heterocycles. The van der Waals surface area contributed by atoms with Crippen LogP contribution in [-0.4, -0.2) is 32.5 Å². The summed E-state index contributed by atoms with van der Waals surface area (Å²) in [6, 6.07) is 25.8. The third-order valence-corrected chi connectivity index (χ3v) is 8.80. The first-order valence-corrected chi connectivity index (χ1v) is 16.0. The zero-order valence-electron chi connectivity index (χ0n) is 23.8. The van der Waals surface area contributed by atoms with E-state index in [4.69, 9.17) is 0 Å². The van der Waals surface area contributed by atoms with Gasteiger partial charge in [-0.1, -0.05) is 68.7 Å². The number of fused-ring (bicyclic) bond motifs is 1. The minimum absolute atomic E-state index is 0.112. The number of aromatic nitrogens is 1. The SMILES string of the molecule is CCCCCCNC(=O)Nc1ccc(S(=O)(=O)Nc2ccc(-c3ccc(C4NCCc5ncccc54)cc3)cc2)cc1. The molecule has 2 amide bonds. The van der Waals surface area contributed by atoms with Gasteiger partial charge >= 0.3 is 6.03 Å². The van der Waals surface area contributed by atoms with Crippen molar-refractivity contribution in [1.82, 2.24) is 15.6 Å². The summed E-state index contributed by atoms with van der Waals surface area (Å²) in [5.41, 5.74) is 6.57. The summed E-state index contributed by atoms with van der Waals surface area (Å²) >= 11 is 0. The largest absolute Gasteiger partial charge is 0.338 e. The molecule has 42 heavy (non-hydrogen) atoms. The number of carbonyl (C=O) groups excluding carboxylic acids is 1. The number of hydrogen-bond acceptors (Lipinski definition) is 5. The Morgan fingerprint density at radius 2 is 1.57 bits per heavy atom. The lowest BCUT2D eigenvalue weighted by atomic mass is 9.92. The van der Waals surface area contributed by atoms with Crippen LogP contribution in [0.5, 0.6) is 0 Å². The third-order valence-electron chi connectivity index (χ3n) is 7.40. The Balaban J connectivity index is 1.17. The van der Waals surface area contributed by atoms with Crippen molar-refractivity contribution in [3.63, 3.8) is 0 Å². The van der Waals surface area contributed by atoms with Crippen molar-refractivity contribution >= 4 is 27.4 Å². The molecule has 2 heterocycles. The van der Waals surface area contributed by atoms with Gasteiger partial charge in [-0.25, -0.2) is 13.2 Å². The Morgan fingerprint density at radius 1 is 0.881 bits per heavy atom. The van der Waals surface area contributed by atoms with Gasteiger partial charge in [0.2, 0.25) is 0 Å². The lowest BCUT2D eigenvalue weighted by Gasteiger charge is -2.26. The zero-order chi connectivity index (χ0) is 29.4. The molecule has 4 N–H and O–H groups in total. The van der Waals surface area contributed by atoms with Crippen LogP contribution < -0.4 is 20.7 Å². The van der Waals surface area contributed by atoms with Crippen LogP contribution in [0.15, 0.2) is 96.0 Å². The van der Waals surface area contributed by atoms with Gasteiger partial charge in [0.05, 0.1) is 10.9 Å². The normalized spacial score (nSPS) is 14.5. The second-order valence-electron chi connectivity index (χ2n) is 10.4. The van der Waals surface area contributed by atoms with Gasteiger partial charge in [-0.2, -0.15) is 0 Å². The highest BCUT2D eigenvalue weighted by atomic mass is 32.2. The number of sulfonamides is 1. The number of carbonyl (C=O) groups is 1. The fourth-order valence-corrected chi connectivity index (χ4v) is 6.18. The number of anilines is 2. The molecule has 0 saturated carbocycles. The molecule has 1 aromatic heterocycles.